The summed E-state index contributed by atoms with van der Waals surface area (Å²) in [6.07, 6.45) is 9.40. The lowest BCUT2D eigenvalue weighted by Crippen LogP contribution is -2.55. The lowest BCUT2D eigenvalue weighted by Gasteiger charge is -2.61. The summed E-state index contributed by atoms with van der Waals surface area (Å²) in [6.45, 7) is 9.85. The average Bonchev–Trinajstić information content (AvgIpc) is 3.77. The predicted molar refractivity (Wildman–Crippen MR) is 257 cm³/mol. The molecule has 7 aliphatic carbocycles. The first-order valence-electron chi connectivity index (χ1n) is 23.7. The molecular weight excluding hydrogens is 747 g/mol. The minimum absolute atomic E-state index is 0.0820. The Morgan fingerprint density at radius 3 is 1.61 bits per heavy atom. The largest absolute Gasteiger partial charge is 0.310 e. The highest BCUT2D eigenvalue weighted by atomic mass is 15.1. The molecule has 0 saturated heterocycles. The highest BCUT2D eigenvalue weighted by Gasteiger charge is 2.62. The summed E-state index contributed by atoms with van der Waals surface area (Å²) in [5.74, 6) is 3.25. The van der Waals surface area contributed by atoms with Crippen molar-refractivity contribution in [2.24, 2.45) is 23.7 Å². The number of rotatable bonds is 5. The third-order valence-corrected chi connectivity index (χ3v) is 17.6. The normalized spacial score (nSPS) is 25.7. The van der Waals surface area contributed by atoms with Crippen molar-refractivity contribution >= 4 is 17.1 Å². The molecule has 0 atom stereocenters. The smallest absolute Gasteiger partial charge is 0.0714 e. The van der Waals surface area contributed by atoms with Crippen LogP contribution in [0.5, 0.6) is 0 Å². The van der Waals surface area contributed by atoms with Crippen LogP contribution in [0, 0.1) is 23.7 Å². The predicted octanol–water partition coefficient (Wildman–Crippen LogP) is 15.6. The molecule has 1 spiro atoms. The van der Waals surface area contributed by atoms with Crippen LogP contribution < -0.4 is 4.90 Å². The van der Waals surface area contributed by atoms with Gasteiger partial charge in [0.15, 0.2) is 0 Å². The Labute approximate surface area is 368 Å². The number of hydrogen-bond donors (Lipinski definition) is 0. The van der Waals surface area contributed by atoms with E-state index in [2.05, 4.69) is 196 Å². The van der Waals surface area contributed by atoms with Crippen LogP contribution in [0.3, 0.4) is 0 Å². The van der Waals surface area contributed by atoms with Crippen molar-refractivity contribution in [3.05, 3.63) is 208 Å². The molecule has 7 aromatic rings. The molecular formula is C61H57N. The van der Waals surface area contributed by atoms with Gasteiger partial charge in [0, 0.05) is 22.4 Å². The van der Waals surface area contributed by atoms with Crippen LogP contribution in [-0.4, -0.2) is 0 Å². The van der Waals surface area contributed by atoms with Crippen molar-refractivity contribution in [1.29, 1.82) is 0 Å². The molecule has 0 heterocycles. The zero-order valence-corrected chi connectivity index (χ0v) is 36.8. The second-order valence-electron chi connectivity index (χ2n) is 21.5. The molecule has 0 aliphatic heterocycles. The summed E-state index contributed by atoms with van der Waals surface area (Å²) in [7, 11) is 0. The first-order chi connectivity index (χ1) is 30.2. The van der Waals surface area contributed by atoms with E-state index >= 15 is 0 Å². The van der Waals surface area contributed by atoms with Crippen LogP contribution >= 0.6 is 0 Å². The van der Waals surface area contributed by atoms with Crippen molar-refractivity contribution in [3.8, 4) is 22.3 Å². The van der Waals surface area contributed by atoms with E-state index in [0.29, 0.717) is 11.8 Å². The van der Waals surface area contributed by atoms with Gasteiger partial charge in [-0.3, -0.25) is 0 Å². The zero-order chi connectivity index (χ0) is 41.6. The first kappa shape index (κ1) is 36.9. The van der Waals surface area contributed by atoms with Gasteiger partial charge < -0.3 is 4.90 Å². The number of fused-ring (bicyclic) bond motifs is 7. The van der Waals surface area contributed by atoms with Gasteiger partial charge in [0.1, 0.15) is 0 Å². The van der Waals surface area contributed by atoms with Crippen LogP contribution in [0.2, 0.25) is 0 Å². The molecule has 0 unspecified atom stereocenters. The molecule has 0 aromatic heterocycles. The van der Waals surface area contributed by atoms with E-state index in [1.54, 1.807) is 11.1 Å². The molecule has 4 saturated carbocycles. The lowest BCUT2D eigenvalue weighted by atomic mass is 9.43. The third-order valence-electron chi connectivity index (χ3n) is 17.6. The summed E-state index contributed by atoms with van der Waals surface area (Å²) in [4.78, 5) is 2.68. The fourth-order valence-electron chi connectivity index (χ4n) is 15.1. The van der Waals surface area contributed by atoms with Crippen molar-refractivity contribution in [1.82, 2.24) is 0 Å². The number of benzene rings is 7. The highest BCUT2D eigenvalue weighted by Crippen LogP contribution is 2.70. The molecule has 4 bridgehead atoms. The van der Waals surface area contributed by atoms with Gasteiger partial charge in [-0.1, -0.05) is 161 Å². The minimum atomic E-state index is -0.479. The van der Waals surface area contributed by atoms with Crippen molar-refractivity contribution in [2.75, 3.05) is 4.90 Å². The molecule has 7 aliphatic rings. The van der Waals surface area contributed by atoms with Gasteiger partial charge in [-0.2, -0.15) is 0 Å². The van der Waals surface area contributed by atoms with Crippen LogP contribution in [0.25, 0.3) is 22.3 Å². The zero-order valence-electron chi connectivity index (χ0n) is 36.8. The summed E-state index contributed by atoms with van der Waals surface area (Å²) in [6, 6.07) is 63.9. The standard InChI is InChI=1S/C61H57N/c1-58(2)30-31-59(3,4)55-38-46(28-29-53(55)58)62(56-27-15-26-54-57(56)49-22-10-13-25-52(49)61(54)43-33-39-32-40(35-43)36-44(61)34-39)45-19-14-18-42(37-45)60(41-16-6-5-7-17-41)50-23-11-8-20-47(50)48-21-9-12-24-51(48)60/h5-29,37-40,43-44H,30-36H2,1-4H3. The maximum atomic E-state index is 2.68. The second kappa shape index (κ2) is 12.9. The van der Waals surface area contributed by atoms with E-state index in [0.717, 1.165) is 11.8 Å². The molecule has 1 heteroatoms. The first-order valence-corrected chi connectivity index (χ1v) is 23.7. The number of nitrogens with zero attached hydrogens (tertiary/aromatic N) is 1. The highest BCUT2D eigenvalue weighted by molar-refractivity contribution is 5.96. The van der Waals surface area contributed by atoms with E-state index in [1.807, 2.05) is 0 Å². The van der Waals surface area contributed by atoms with Gasteiger partial charge in [-0.25, -0.2) is 0 Å². The molecule has 0 radical (unpaired) electrons. The Hall–Kier alpha value is -5.66. The van der Waals surface area contributed by atoms with E-state index < -0.39 is 5.41 Å². The van der Waals surface area contributed by atoms with Crippen molar-refractivity contribution < 1.29 is 0 Å². The Balaban J connectivity index is 1.09. The summed E-state index contributed by atoms with van der Waals surface area (Å²) >= 11 is 0. The van der Waals surface area contributed by atoms with E-state index in [-0.39, 0.29) is 16.2 Å². The SMILES string of the molecule is CC1(C)CCC(C)(C)c2cc(N(c3cccc(C4(c5ccccc5)c5ccccc5-c5ccccc54)c3)c3cccc4c3-c3ccccc3C43C4CC5CC(C4)CC3C5)ccc21. The van der Waals surface area contributed by atoms with Gasteiger partial charge in [-0.15, -0.1) is 0 Å². The van der Waals surface area contributed by atoms with Gasteiger partial charge >= 0.3 is 0 Å². The summed E-state index contributed by atoms with van der Waals surface area (Å²) in [5.41, 5.74) is 20.7. The van der Waals surface area contributed by atoms with Crippen molar-refractivity contribution in [2.45, 2.75) is 94.3 Å². The number of anilines is 3. The Kier molecular flexibility index (Phi) is 7.72. The molecule has 0 amide bonds. The number of hydrogen-bond acceptors (Lipinski definition) is 1. The maximum Gasteiger partial charge on any atom is 0.0714 e. The van der Waals surface area contributed by atoms with Crippen LogP contribution in [0.4, 0.5) is 17.1 Å². The molecule has 62 heavy (non-hydrogen) atoms. The van der Waals surface area contributed by atoms with Gasteiger partial charge in [-0.05, 0) is 171 Å². The van der Waals surface area contributed by atoms with Crippen LogP contribution in [-0.2, 0) is 21.7 Å². The monoisotopic (exact) mass is 803 g/mol. The minimum Gasteiger partial charge on any atom is -0.310 e. The fraction of sp³-hybridized carbons (Fsp3) is 0.311. The molecule has 7 aromatic carbocycles. The average molecular weight is 804 g/mol. The Morgan fingerprint density at radius 2 is 0.935 bits per heavy atom. The Morgan fingerprint density at radius 1 is 0.403 bits per heavy atom. The van der Waals surface area contributed by atoms with Crippen LogP contribution in [0.15, 0.2) is 164 Å². The van der Waals surface area contributed by atoms with E-state index in [1.165, 1.54) is 118 Å². The van der Waals surface area contributed by atoms with Crippen molar-refractivity contribution in [3.63, 3.8) is 0 Å². The molecule has 306 valence electrons. The fourth-order valence-corrected chi connectivity index (χ4v) is 15.1. The molecule has 14 rings (SSSR count). The van der Waals surface area contributed by atoms with Crippen LogP contribution in [0.1, 0.15) is 117 Å². The lowest BCUT2D eigenvalue weighted by molar-refractivity contribution is -0.0399. The van der Waals surface area contributed by atoms with E-state index in [4.69, 9.17) is 0 Å². The molecule has 1 nitrogen and oxygen atoms in total. The quantitative estimate of drug-likeness (QED) is 0.168. The summed E-state index contributed by atoms with van der Waals surface area (Å²) in [5, 5.41) is 0. The summed E-state index contributed by atoms with van der Waals surface area (Å²) < 4.78 is 0. The molecule has 0 N–H and O–H groups in total. The maximum absolute atomic E-state index is 2.68. The third kappa shape index (κ3) is 4.81. The van der Waals surface area contributed by atoms with Gasteiger partial charge in [0.05, 0.1) is 11.1 Å². The van der Waals surface area contributed by atoms with E-state index in [9.17, 15) is 0 Å². The topological polar surface area (TPSA) is 3.24 Å². The molecule has 4 fully saturated rings. The Bertz CT molecular complexity index is 2870. The van der Waals surface area contributed by atoms with Gasteiger partial charge in [0.2, 0.25) is 0 Å². The van der Waals surface area contributed by atoms with Gasteiger partial charge in [0.25, 0.3) is 0 Å². The second-order valence-corrected chi connectivity index (χ2v) is 21.5.